The molecule has 0 fully saturated rings. The molecule has 8 nitrogen and oxygen atoms in total. The van der Waals surface area contributed by atoms with E-state index in [0.717, 1.165) is 24.8 Å². The summed E-state index contributed by atoms with van der Waals surface area (Å²) in [5.41, 5.74) is 2.03. The van der Waals surface area contributed by atoms with Crippen LogP contribution in [0.5, 0.6) is 0 Å². The number of hydrogen-bond donors (Lipinski definition) is 0. The summed E-state index contributed by atoms with van der Waals surface area (Å²) >= 11 is 0. The molecular formula is C23H25N3O5. The fourth-order valence-corrected chi connectivity index (χ4v) is 4.26. The van der Waals surface area contributed by atoms with Gasteiger partial charge in [-0.15, -0.1) is 0 Å². The van der Waals surface area contributed by atoms with Crippen molar-refractivity contribution in [3.63, 3.8) is 0 Å². The maximum atomic E-state index is 13.1. The minimum Gasteiger partial charge on any atom is -0.462 e. The fraction of sp³-hybridized carbons (Fsp3) is 0.391. The monoisotopic (exact) mass is 423 g/mol. The first-order chi connectivity index (χ1) is 14.9. The molecule has 2 aromatic heterocycles. The van der Waals surface area contributed by atoms with Gasteiger partial charge >= 0.3 is 5.97 Å². The SMILES string of the molecule is CCOC(=O)c1c(C)oc2ncn(CC(=O)N(C)[C@@H]3CCCc4ccccc43)c(=O)c12. The van der Waals surface area contributed by atoms with E-state index in [4.69, 9.17) is 9.15 Å². The second kappa shape index (κ2) is 8.37. The van der Waals surface area contributed by atoms with E-state index in [0.29, 0.717) is 0 Å². The Hall–Kier alpha value is -3.42. The molecule has 3 aromatic rings. The maximum Gasteiger partial charge on any atom is 0.342 e. The van der Waals surface area contributed by atoms with E-state index in [1.807, 2.05) is 12.1 Å². The Kier molecular flexibility index (Phi) is 5.63. The molecule has 0 unspecified atom stereocenters. The summed E-state index contributed by atoms with van der Waals surface area (Å²) in [5, 5.41) is 0.0388. The number of carbonyl (C=O) groups is 2. The number of aryl methyl sites for hydroxylation is 2. The molecule has 0 saturated carbocycles. The van der Waals surface area contributed by atoms with Gasteiger partial charge in [0.05, 0.1) is 12.6 Å². The van der Waals surface area contributed by atoms with Gasteiger partial charge in [-0.25, -0.2) is 9.78 Å². The number of fused-ring (bicyclic) bond motifs is 2. The first-order valence-electron chi connectivity index (χ1n) is 10.4. The van der Waals surface area contributed by atoms with Crippen molar-refractivity contribution in [2.45, 2.75) is 45.7 Å². The number of carbonyl (C=O) groups excluding carboxylic acids is 2. The molecule has 2 heterocycles. The summed E-state index contributed by atoms with van der Waals surface area (Å²) in [4.78, 5) is 44.3. The van der Waals surface area contributed by atoms with E-state index in [1.54, 1.807) is 25.8 Å². The van der Waals surface area contributed by atoms with Crippen LogP contribution < -0.4 is 5.56 Å². The third-order valence-electron chi connectivity index (χ3n) is 5.84. The van der Waals surface area contributed by atoms with Gasteiger partial charge in [0.2, 0.25) is 11.6 Å². The van der Waals surface area contributed by atoms with Crippen LogP contribution in [0.1, 0.15) is 53.1 Å². The fourth-order valence-electron chi connectivity index (χ4n) is 4.26. The van der Waals surface area contributed by atoms with E-state index < -0.39 is 11.5 Å². The number of rotatable bonds is 5. The summed E-state index contributed by atoms with van der Waals surface area (Å²) in [5.74, 6) is -0.585. The third-order valence-corrected chi connectivity index (χ3v) is 5.84. The van der Waals surface area contributed by atoms with Gasteiger partial charge in [-0.2, -0.15) is 0 Å². The lowest BCUT2D eigenvalue weighted by molar-refractivity contribution is -0.133. The highest BCUT2D eigenvalue weighted by atomic mass is 16.5. The first-order valence-corrected chi connectivity index (χ1v) is 10.4. The van der Waals surface area contributed by atoms with Crippen molar-refractivity contribution in [1.82, 2.24) is 14.5 Å². The van der Waals surface area contributed by atoms with Gasteiger partial charge in [0.1, 0.15) is 29.6 Å². The van der Waals surface area contributed by atoms with Crippen molar-refractivity contribution in [2.75, 3.05) is 13.7 Å². The summed E-state index contributed by atoms with van der Waals surface area (Å²) in [7, 11) is 1.76. The summed E-state index contributed by atoms with van der Waals surface area (Å²) in [6.07, 6.45) is 4.16. The van der Waals surface area contributed by atoms with Crippen LogP contribution in [0.15, 0.2) is 39.8 Å². The highest BCUT2D eigenvalue weighted by Crippen LogP contribution is 2.33. The van der Waals surface area contributed by atoms with Gasteiger partial charge in [0, 0.05) is 7.05 Å². The van der Waals surface area contributed by atoms with Gasteiger partial charge in [-0.05, 0) is 44.2 Å². The standard InChI is InChI=1S/C23H25N3O5/c1-4-30-23(29)19-14(2)31-21-20(19)22(28)26(13-24-21)12-18(27)25(3)17-11-7-9-15-8-5-6-10-16(15)17/h5-6,8,10,13,17H,4,7,9,11-12H2,1-3H3/t17-/m1/s1. The molecule has 0 spiro atoms. The normalized spacial score (nSPS) is 15.5. The average Bonchev–Trinajstić information content (AvgIpc) is 3.11. The number of amides is 1. The first kappa shape index (κ1) is 20.8. The second-order valence-corrected chi connectivity index (χ2v) is 7.72. The summed E-state index contributed by atoms with van der Waals surface area (Å²) in [6.45, 7) is 3.26. The molecule has 1 atom stereocenters. The smallest absolute Gasteiger partial charge is 0.342 e. The van der Waals surface area contributed by atoms with Crippen molar-refractivity contribution in [3.05, 3.63) is 63.4 Å². The van der Waals surface area contributed by atoms with Gasteiger partial charge in [0.15, 0.2) is 0 Å². The number of likely N-dealkylation sites (N-methyl/N-ethyl adjacent to an activating group) is 1. The molecule has 1 amide bonds. The Labute approximate surface area is 179 Å². The van der Waals surface area contributed by atoms with Crippen molar-refractivity contribution in [2.24, 2.45) is 0 Å². The summed E-state index contributed by atoms with van der Waals surface area (Å²) in [6, 6.07) is 8.12. The Morgan fingerprint density at radius 2 is 2.10 bits per heavy atom. The molecular weight excluding hydrogens is 398 g/mol. The van der Waals surface area contributed by atoms with Crippen molar-refractivity contribution in [1.29, 1.82) is 0 Å². The predicted octanol–water partition coefficient (Wildman–Crippen LogP) is 3.01. The number of nitrogens with zero attached hydrogens (tertiary/aromatic N) is 3. The summed E-state index contributed by atoms with van der Waals surface area (Å²) < 4.78 is 11.7. The molecule has 162 valence electrons. The minimum absolute atomic E-state index is 0.0314. The minimum atomic E-state index is -0.641. The zero-order valence-electron chi connectivity index (χ0n) is 17.9. The Balaban J connectivity index is 1.64. The van der Waals surface area contributed by atoms with Crippen LogP contribution in [-0.2, 0) is 22.5 Å². The number of benzene rings is 1. The molecule has 1 aromatic carbocycles. The Bertz CT molecular complexity index is 1210. The number of aromatic nitrogens is 2. The van der Waals surface area contributed by atoms with E-state index in [-0.39, 0.29) is 47.5 Å². The molecule has 0 bridgehead atoms. The van der Waals surface area contributed by atoms with Crippen LogP contribution in [0.3, 0.4) is 0 Å². The highest BCUT2D eigenvalue weighted by Gasteiger charge is 2.28. The van der Waals surface area contributed by atoms with E-state index >= 15 is 0 Å². The van der Waals surface area contributed by atoms with Gasteiger partial charge in [-0.3, -0.25) is 14.2 Å². The molecule has 0 aliphatic heterocycles. The van der Waals surface area contributed by atoms with Crippen LogP contribution in [0, 0.1) is 6.92 Å². The second-order valence-electron chi connectivity index (χ2n) is 7.72. The molecule has 8 heteroatoms. The lowest BCUT2D eigenvalue weighted by Gasteiger charge is -2.33. The van der Waals surface area contributed by atoms with Crippen LogP contribution in [0.4, 0.5) is 0 Å². The number of furan rings is 1. The highest BCUT2D eigenvalue weighted by molar-refractivity contribution is 6.03. The number of esters is 1. The van der Waals surface area contributed by atoms with E-state index in [2.05, 4.69) is 17.1 Å². The maximum absolute atomic E-state index is 13.1. The molecule has 1 aliphatic carbocycles. The van der Waals surface area contributed by atoms with E-state index in [9.17, 15) is 14.4 Å². The largest absolute Gasteiger partial charge is 0.462 e. The molecule has 1 aliphatic rings. The lowest BCUT2D eigenvalue weighted by atomic mass is 9.87. The van der Waals surface area contributed by atoms with Crippen LogP contribution in [0.25, 0.3) is 11.1 Å². The molecule has 4 rings (SSSR count). The van der Waals surface area contributed by atoms with Crippen molar-refractivity contribution >= 4 is 23.0 Å². The Morgan fingerprint density at radius 3 is 2.87 bits per heavy atom. The third kappa shape index (κ3) is 3.73. The molecule has 0 radical (unpaired) electrons. The van der Waals surface area contributed by atoms with Crippen LogP contribution in [-0.4, -0.2) is 40.0 Å². The van der Waals surface area contributed by atoms with Gasteiger partial charge in [-0.1, -0.05) is 24.3 Å². The van der Waals surface area contributed by atoms with E-state index in [1.165, 1.54) is 16.5 Å². The van der Waals surface area contributed by atoms with Crippen LogP contribution in [0.2, 0.25) is 0 Å². The molecule has 0 saturated heterocycles. The quantitative estimate of drug-likeness (QED) is 0.586. The van der Waals surface area contributed by atoms with Gasteiger partial charge < -0.3 is 14.1 Å². The van der Waals surface area contributed by atoms with Crippen molar-refractivity contribution in [3.8, 4) is 0 Å². The van der Waals surface area contributed by atoms with Gasteiger partial charge in [0.25, 0.3) is 5.56 Å². The van der Waals surface area contributed by atoms with Crippen LogP contribution >= 0.6 is 0 Å². The predicted molar refractivity (Wildman–Crippen MR) is 114 cm³/mol. The van der Waals surface area contributed by atoms with Crippen molar-refractivity contribution < 1.29 is 18.7 Å². The average molecular weight is 423 g/mol. The lowest BCUT2D eigenvalue weighted by Crippen LogP contribution is -2.37. The zero-order chi connectivity index (χ0) is 22.1. The molecule has 0 N–H and O–H groups in total. The topological polar surface area (TPSA) is 94.6 Å². The number of hydrogen-bond acceptors (Lipinski definition) is 6. The number of ether oxygens (including phenoxy) is 1. The zero-order valence-corrected chi connectivity index (χ0v) is 17.9. The molecule has 31 heavy (non-hydrogen) atoms. The Morgan fingerprint density at radius 1 is 1.32 bits per heavy atom.